The van der Waals surface area contributed by atoms with Crippen molar-refractivity contribution in [3.63, 3.8) is 0 Å². The van der Waals surface area contributed by atoms with E-state index in [1.165, 1.54) is 18.4 Å². The molecule has 0 spiro atoms. The van der Waals surface area contributed by atoms with Gasteiger partial charge in [0.15, 0.2) is 0 Å². The lowest BCUT2D eigenvalue weighted by Gasteiger charge is -2.13. The third kappa shape index (κ3) is 1.86. The Morgan fingerprint density at radius 3 is 2.93 bits per heavy atom. The molecule has 1 aromatic carbocycles. The summed E-state index contributed by atoms with van der Waals surface area (Å²) < 4.78 is 5.11. The SMILES string of the molecule is COc1ccc(C2CCCN2)c(Cl)c1. The second-order valence-corrected chi connectivity index (χ2v) is 3.94. The highest BCUT2D eigenvalue weighted by molar-refractivity contribution is 6.31. The largest absolute Gasteiger partial charge is 0.497 e. The van der Waals surface area contributed by atoms with Crippen molar-refractivity contribution < 1.29 is 4.74 Å². The molecule has 0 amide bonds. The Kier molecular flexibility index (Phi) is 2.94. The molecule has 3 heteroatoms. The zero-order chi connectivity index (χ0) is 9.97. The molecule has 0 aliphatic carbocycles. The van der Waals surface area contributed by atoms with Crippen molar-refractivity contribution in [2.75, 3.05) is 13.7 Å². The third-order valence-corrected chi connectivity index (χ3v) is 2.97. The lowest BCUT2D eigenvalue weighted by Crippen LogP contribution is -2.13. The average Bonchev–Trinajstić information content (AvgIpc) is 2.70. The van der Waals surface area contributed by atoms with Gasteiger partial charge in [0.25, 0.3) is 0 Å². The molecule has 2 nitrogen and oxygen atoms in total. The maximum atomic E-state index is 6.17. The van der Waals surface area contributed by atoms with Gasteiger partial charge in [0, 0.05) is 11.1 Å². The maximum absolute atomic E-state index is 6.17. The molecule has 2 rings (SSSR count). The van der Waals surface area contributed by atoms with Crippen LogP contribution >= 0.6 is 11.6 Å². The van der Waals surface area contributed by atoms with E-state index < -0.39 is 0 Å². The van der Waals surface area contributed by atoms with Crippen molar-refractivity contribution in [2.45, 2.75) is 18.9 Å². The highest BCUT2D eigenvalue weighted by atomic mass is 35.5. The normalized spacial score (nSPS) is 21.1. The minimum atomic E-state index is 0.424. The Balaban J connectivity index is 2.25. The smallest absolute Gasteiger partial charge is 0.120 e. The Bertz CT molecular complexity index is 321. The molecule has 76 valence electrons. The predicted molar refractivity (Wildman–Crippen MR) is 58.0 cm³/mol. The summed E-state index contributed by atoms with van der Waals surface area (Å²) in [7, 11) is 1.65. The Labute approximate surface area is 89.2 Å². The van der Waals surface area contributed by atoms with Gasteiger partial charge in [0.05, 0.1) is 7.11 Å². The van der Waals surface area contributed by atoms with Gasteiger partial charge in [-0.3, -0.25) is 0 Å². The average molecular weight is 212 g/mol. The van der Waals surface area contributed by atoms with Crippen LogP contribution in [0.15, 0.2) is 18.2 Å². The van der Waals surface area contributed by atoms with Crippen molar-refractivity contribution in [3.05, 3.63) is 28.8 Å². The van der Waals surface area contributed by atoms with Gasteiger partial charge in [-0.2, -0.15) is 0 Å². The fraction of sp³-hybridized carbons (Fsp3) is 0.455. The van der Waals surface area contributed by atoms with Crippen LogP contribution in [0, 0.1) is 0 Å². The molecule has 1 unspecified atom stereocenters. The van der Waals surface area contributed by atoms with Gasteiger partial charge in [0.1, 0.15) is 5.75 Å². The maximum Gasteiger partial charge on any atom is 0.120 e. The van der Waals surface area contributed by atoms with Crippen molar-refractivity contribution >= 4 is 11.6 Å². The number of ether oxygens (including phenoxy) is 1. The monoisotopic (exact) mass is 211 g/mol. The van der Waals surface area contributed by atoms with Crippen LogP contribution in [0.4, 0.5) is 0 Å². The number of benzene rings is 1. The molecule has 0 saturated carbocycles. The van der Waals surface area contributed by atoms with Gasteiger partial charge in [0.2, 0.25) is 0 Å². The quantitative estimate of drug-likeness (QED) is 0.813. The van der Waals surface area contributed by atoms with Crippen molar-refractivity contribution in [3.8, 4) is 5.75 Å². The molecule has 1 heterocycles. The minimum absolute atomic E-state index is 0.424. The molecule has 1 fully saturated rings. The van der Waals surface area contributed by atoms with Gasteiger partial charge in [-0.15, -0.1) is 0 Å². The van der Waals surface area contributed by atoms with Gasteiger partial charge >= 0.3 is 0 Å². The van der Waals surface area contributed by atoms with Crippen LogP contribution in [0.2, 0.25) is 5.02 Å². The first-order valence-electron chi connectivity index (χ1n) is 4.88. The molecule has 1 aliphatic rings. The van der Waals surface area contributed by atoms with Crippen molar-refractivity contribution in [1.82, 2.24) is 5.32 Å². The number of nitrogens with one attached hydrogen (secondary N) is 1. The topological polar surface area (TPSA) is 21.3 Å². The summed E-state index contributed by atoms with van der Waals surface area (Å²) in [4.78, 5) is 0. The van der Waals surface area contributed by atoms with Gasteiger partial charge in [-0.25, -0.2) is 0 Å². The van der Waals surface area contributed by atoms with E-state index in [-0.39, 0.29) is 0 Å². The van der Waals surface area contributed by atoms with E-state index in [1.54, 1.807) is 7.11 Å². The minimum Gasteiger partial charge on any atom is -0.497 e. The lowest BCUT2D eigenvalue weighted by molar-refractivity contribution is 0.414. The number of methoxy groups -OCH3 is 1. The molecule has 14 heavy (non-hydrogen) atoms. The molecule has 1 aliphatic heterocycles. The molecule has 0 aromatic heterocycles. The van der Waals surface area contributed by atoms with E-state index in [0.717, 1.165) is 17.3 Å². The van der Waals surface area contributed by atoms with Crippen LogP contribution in [-0.4, -0.2) is 13.7 Å². The van der Waals surface area contributed by atoms with E-state index in [2.05, 4.69) is 5.32 Å². The standard InChI is InChI=1S/C11H14ClNO/c1-14-8-4-5-9(10(12)7-8)11-3-2-6-13-11/h4-5,7,11,13H,2-3,6H2,1H3. The summed E-state index contributed by atoms with van der Waals surface area (Å²) in [6.45, 7) is 1.09. The zero-order valence-corrected chi connectivity index (χ0v) is 8.97. The predicted octanol–water partition coefficient (Wildman–Crippen LogP) is 2.77. The van der Waals surface area contributed by atoms with Crippen LogP contribution in [0.3, 0.4) is 0 Å². The summed E-state index contributed by atoms with van der Waals surface area (Å²) in [5.74, 6) is 0.816. The summed E-state index contributed by atoms with van der Waals surface area (Å²) in [5.41, 5.74) is 1.19. The van der Waals surface area contributed by atoms with E-state index >= 15 is 0 Å². The van der Waals surface area contributed by atoms with Crippen LogP contribution < -0.4 is 10.1 Å². The Hall–Kier alpha value is -0.730. The molecule has 1 atom stereocenters. The molecule has 0 radical (unpaired) electrons. The molecule has 1 saturated heterocycles. The van der Waals surface area contributed by atoms with Gasteiger partial charge in [-0.1, -0.05) is 17.7 Å². The number of halogens is 1. The lowest BCUT2D eigenvalue weighted by atomic mass is 10.1. The fourth-order valence-corrected chi connectivity index (χ4v) is 2.17. The van der Waals surface area contributed by atoms with Crippen LogP contribution in [0.5, 0.6) is 5.75 Å². The van der Waals surface area contributed by atoms with E-state index in [1.807, 2.05) is 18.2 Å². The van der Waals surface area contributed by atoms with Crippen LogP contribution in [0.25, 0.3) is 0 Å². The van der Waals surface area contributed by atoms with E-state index in [9.17, 15) is 0 Å². The second-order valence-electron chi connectivity index (χ2n) is 3.54. The first-order valence-corrected chi connectivity index (χ1v) is 5.26. The Morgan fingerprint density at radius 1 is 1.50 bits per heavy atom. The van der Waals surface area contributed by atoms with Crippen LogP contribution in [0.1, 0.15) is 24.4 Å². The number of rotatable bonds is 2. The first-order chi connectivity index (χ1) is 6.81. The molecular formula is C11H14ClNO. The fourth-order valence-electron chi connectivity index (χ4n) is 1.87. The third-order valence-electron chi connectivity index (χ3n) is 2.64. The van der Waals surface area contributed by atoms with Crippen molar-refractivity contribution in [1.29, 1.82) is 0 Å². The zero-order valence-electron chi connectivity index (χ0n) is 8.22. The highest BCUT2D eigenvalue weighted by Gasteiger charge is 2.18. The number of hydrogen-bond donors (Lipinski definition) is 1. The van der Waals surface area contributed by atoms with Crippen molar-refractivity contribution in [2.24, 2.45) is 0 Å². The molecule has 1 N–H and O–H groups in total. The van der Waals surface area contributed by atoms with Gasteiger partial charge < -0.3 is 10.1 Å². The summed E-state index contributed by atoms with van der Waals surface area (Å²) >= 11 is 6.17. The van der Waals surface area contributed by atoms with E-state index in [4.69, 9.17) is 16.3 Å². The highest BCUT2D eigenvalue weighted by Crippen LogP contribution is 2.31. The summed E-state index contributed by atoms with van der Waals surface area (Å²) in [5, 5.41) is 4.22. The van der Waals surface area contributed by atoms with Crippen LogP contribution in [-0.2, 0) is 0 Å². The second kappa shape index (κ2) is 4.20. The first kappa shape index (κ1) is 9.81. The summed E-state index contributed by atoms with van der Waals surface area (Å²) in [6.07, 6.45) is 2.40. The van der Waals surface area contributed by atoms with Gasteiger partial charge in [-0.05, 0) is 37.1 Å². The van der Waals surface area contributed by atoms with E-state index in [0.29, 0.717) is 6.04 Å². The summed E-state index contributed by atoms with van der Waals surface area (Å²) in [6, 6.07) is 6.30. The number of hydrogen-bond acceptors (Lipinski definition) is 2. The molecule has 0 bridgehead atoms. The molecule has 1 aromatic rings. The molecular weight excluding hydrogens is 198 g/mol. The Morgan fingerprint density at radius 2 is 2.36 bits per heavy atom.